The summed E-state index contributed by atoms with van der Waals surface area (Å²) in [6.45, 7) is 3.72. The summed E-state index contributed by atoms with van der Waals surface area (Å²) in [6.07, 6.45) is 7.54. The first-order valence-corrected chi connectivity index (χ1v) is 6.45. The molecular weight excluding hydrogens is 284 g/mol. The number of rotatable bonds is 3. The zero-order valence-electron chi connectivity index (χ0n) is 11.9. The molecule has 0 spiro atoms. The smallest absolute Gasteiger partial charge is 0.356 e. The van der Waals surface area contributed by atoms with Crippen LogP contribution in [0.5, 0.6) is 0 Å². The minimum absolute atomic E-state index is 0.0447. The average Bonchev–Trinajstić information content (AvgIpc) is 3.01. The molecule has 8 heteroatoms. The zero-order valence-corrected chi connectivity index (χ0v) is 11.9. The summed E-state index contributed by atoms with van der Waals surface area (Å²) in [4.78, 5) is 31.9. The molecule has 0 aliphatic rings. The molecule has 3 aromatic rings. The number of carboxylic acids is 1. The molecule has 3 heterocycles. The summed E-state index contributed by atoms with van der Waals surface area (Å²) in [5.74, 6) is -0.0961. The van der Waals surface area contributed by atoms with Gasteiger partial charge in [0.1, 0.15) is 17.8 Å². The molecule has 0 radical (unpaired) electrons. The van der Waals surface area contributed by atoms with Gasteiger partial charge in [0.15, 0.2) is 11.5 Å². The predicted molar refractivity (Wildman–Crippen MR) is 76.6 cm³/mol. The Bertz CT molecular complexity index is 844. The van der Waals surface area contributed by atoms with Crippen molar-refractivity contribution >= 4 is 5.97 Å². The van der Waals surface area contributed by atoms with E-state index >= 15 is 0 Å². The molecule has 0 aliphatic heterocycles. The molecule has 0 atom stereocenters. The van der Waals surface area contributed by atoms with Crippen LogP contribution >= 0.6 is 0 Å². The van der Waals surface area contributed by atoms with E-state index in [1.54, 1.807) is 23.2 Å². The number of hydrogen-bond acceptors (Lipinski definition) is 6. The monoisotopic (exact) mass is 296 g/mol. The van der Waals surface area contributed by atoms with Crippen LogP contribution in [-0.2, 0) is 0 Å². The number of aromatic carboxylic acids is 1. The van der Waals surface area contributed by atoms with Crippen molar-refractivity contribution in [2.45, 2.75) is 13.8 Å². The summed E-state index contributed by atoms with van der Waals surface area (Å²) < 4.78 is 1.56. The van der Waals surface area contributed by atoms with Crippen LogP contribution in [0.1, 0.15) is 21.7 Å². The van der Waals surface area contributed by atoms with E-state index in [9.17, 15) is 4.79 Å². The van der Waals surface area contributed by atoms with E-state index in [0.717, 1.165) is 11.3 Å². The Hall–Kier alpha value is -3.16. The van der Waals surface area contributed by atoms with Gasteiger partial charge in [-0.3, -0.25) is 9.55 Å². The number of nitrogens with zero attached hydrogens (tertiary/aromatic N) is 6. The highest BCUT2D eigenvalue weighted by Crippen LogP contribution is 2.19. The summed E-state index contributed by atoms with van der Waals surface area (Å²) in [5.41, 5.74) is 2.11. The second-order valence-electron chi connectivity index (χ2n) is 4.64. The highest BCUT2D eigenvalue weighted by molar-refractivity contribution is 5.85. The van der Waals surface area contributed by atoms with E-state index in [1.165, 1.54) is 12.5 Å². The van der Waals surface area contributed by atoms with E-state index in [4.69, 9.17) is 5.11 Å². The molecule has 0 aromatic carbocycles. The van der Waals surface area contributed by atoms with Crippen molar-refractivity contribution in [3.8, 4) is 17.3 Å². The van der Waals surface area contributed by atoms with Gasteiger partial charge in [0.2, 0.25) is 0 Å². The van der Waals surface area contributed by atoms with Crippen LogP contribution in [0.4, 0.5) is 0 Å². The fraction of sp³-hybridized carbons (Fsp3) is 0.143. The Morgan fingerprint density at radius 2 is 2.00 bits per heavy atom. The van der Waals surface area contributed by atoms with Gasteiger partial charge in [-0.1, -0.05) is 0 Å². The Morgan fingerprint density at radius 3 is 2.64 bits per heavy atom. The third kappa shape index (κ3) is 2.41. The van der Waals surface area contributed by atoms with Gasteiger partial charge >= 0.3 is 5.97 Å². The Balaban J connectivity index is 2.14. The molecule has 1 N–H and O–H groups in total. The maximum absolute atomic E-state index is 11.0. The Morgan fingerprint density at radius 1 is 1.18 bits per heavy atom. The van der Waals surface area contributed by atoms with Crippen LogP contribution in [-0.4, -0.2) is 40.6 Å². The lowest BCUT2D eigenvalue weighted by molar-refractivity contribution is 0.0691. The normalized spacial score (nSPS) is 10.6. The first kappa shape index (κ1) is 13.8. The molecular formula is C14H12N6O2. The van der Waals surface area contributed by atoms with Crippen LogP contribution < -0.4 is 0 Å². The van der Waals surface area contributed by atoms with E-state index in [1.807, 2.05) is 13.8 Å². The summed E-state index contributed by atoms with van der Waals surface area (Å²) in [5, 5.41) is 8.97. The van der Waals surface area contributed by atoms with Gasteiger partial charge in [-0.2, -0.15) is 0 Å². The highest BCUT2D eigenvalue weighted by atomic mass is 16.4. The second-order valence-corrected chi connectivity index (χ2v) is 4.64. The number of imidazole rings is 1. The van der Waals surface area contributed by atoms with Crippen molar-refractivity contribution < 1.29 is 9.90 Å². The number of hydrogen-bond donors (Lipinski definition) is 1. The third-order valence-corrected chi connectivity index (χ3v) is 3.20. The van der Waals surface area contributed by atoms with Crippen LogP contribution in [0.2, 0.25) is 0 Å². The maximum atomic E-state index is 11.0. The SMILES string of the molecule is Cc1nc(-c2cnccn2)nc(-n2cnc(C(=O)O)c2)c1C. The molecule has 0 amide bonds. The summed E-state index contributed by atoms with van der Waals surface area (Å²) in [6, 6.07) is 0. The largest absolute Gasteiger partial charge is 0.476 e. The van der Waals surface area contributed by atoms with Gasteiger partial charge in [0.25, 0.3) is 0 Å². The fourth-order valence-electron chi connectivity index (χ4n) is 1.94. The molecule has 3 aromatic heterocycles. The van der Waals surface area contributed by atoms with Gasteiger partial charge in [0.05, 0.1) is 6.20 Å². The van der Waals surface area contributed by atoms with Crippen molar-refractivity contribution in [1.82, 2.24) is 29.5 Å². The van der Waals surface area contributed by atoms with E-state index < -0.39 is 5.97 Å². The van der Waals surface area contributed by atoms with Crippen LogP contribution in [0.3, 0.4) is 0 Å². The van der Waals surface area contributed by atoms with E-state index in [2.05, 4.69) is 24.9 Å². The predicted octanol–water partition coefficient (Wildman–Crippen LogP) is 1.43. The summed E-state index contributed by atoms with van der Waals surface area (Å²) >= 11 is 0. The number of carbonyl (C=O) groups is 1. The Kier molecular flexibility index (Phi) is 3.34. The van der Waals surface area contributed by atoms with Gasteiger partial charge in [0, 0.05) is 29.8 Å². The van der Waals surface area contributed by atoms with Gasteiger partial charge < -0.3 is 5.11 Å². The summed E-state index contributed by atoms with van der Waals surface area (Å²) in [7, 11) is 0. The first-order valence-electron chi connectivity index (χ1n) is 6.45. The topological polar surface area (TPSA) is 107 Å². The Labute approximate surface area is 125 Å². The third-order valence-electron chi connectivity index (χ3n) is 3.20. The minimum atomic E-state index is -1.09. The molecule has 0 saturated carbocycles. The quantitative estimate of drug-likeness (QED) is 0.779. The molecule has 3 rings (SSSR count). The highest BCUT2D eigenvalue weighted by Gasteiger charge is 2.14. The molecule has 22 heavy (non-hydrogen) atoms. The van der Waals surface area contributed by atoms with E-state index in [-0.39, 0.29) is 5.69 Å². The fourth-order valence-corrected chi connectivity index (χ4v) is 1.94. The van der Waals surface area contributed by atoms with Crippen LogP contribution in [0.25, 0.3) is 17.3 Å². The van der Waals surface area contributed by atoms with Gasteiger partial charge in [-0.15, -0.1) is 0 Å². The maximum Gasteiger partial charge on any atom is 0.356 e. The molecule has 0 fully saturated rings. The van der Waals surface area contributed by atoms with Crippen molar-refractivity contribution in [2.75, 3.05) is 0 Å². The van der Waals surface area contributed by atoms with E-state index in [0.29, 0.717) is 17.3 Å². The lowest BCUT2D eigenvalue weighted by atomic mass is 10.2. The lowest BCUT2D eigenvalue weighted by Crippen LogP contribution is -2.05. The van der Waals surface area contributed by atoms with Gasteiger partial charge in [-0.05, 0) is 13.8 Å². The van der Waals surface area contributed by atoms with Crippen molar-refractivity contribution in [3.63, 3.8) is 0 Å². The number of aryl methyl sites for hydroxylation is 1. The minimum Gasteiger partial charge on any atom is -0.476 e. The van der Waals surface area contributed by atoms with Crippen molar-refractivity contribution in [2.24, 2.45) is 0 Å². The lowest BCUT2D eigenvalue weighted by Gasteiger charge is -2.10. The number of aromatic nitrogens is 6. The second kappa shape index (κ2) is 5.32. The molecule has 8 nitrogen and oxygen atoms in total. The van der Waals surface area contributed by atoms with Crippen LogP contribution in [0.15, 0.2) is 31.1 Å². The molecule has 0 saturated heterocycles. The first-order chi connectivity index (χ1) is 10.6. The standard InChI is InChI=1S/C14H12N6O2/c1-8-9(2)18-12(10-5-15-3-4-16-10)19-13(8)20-6-11(14(21)22)17-7-20/h3-7H,1-2H3,(H,21,22). The van der Waals surface area contributed by atoms with Crippen LogP contribution in [0, 0.1) is 13.8 Å². The molecule has 0 bridgehead atoms. The average molecular weight is 296 g/mol. The van der Waals surface area contributed by atoms with Gasteiger partial charge in [-0.25, -0.2) is 24.7 Å². The van der Waals surface area contributed by atoms with Crippen molar-refractivity contribution in [3.05, 3.63) is 48.1 Å². The number of carboxylic acid groups (broad SMARTS) is 1. The molecule has 110 valence electrons. The molecule has 0 aliphatic carbocycles. The molecule has 0 unspecified atom stereocenters. The zero-order chi connectivity index (χ0) is 15.7. The van der Waals surface area contributed by atoms with Crippen molar-refractivity contribution in [1.29, 1.82) is 0 Å².